The van der Waals surface area contributed by atoms with Gasteiger partial charge in [-0.1, -0.05) is 60.3 Å². The van der Waals surface area contributed by atoms with E-state index in [1.165, 1.54) is 10.5 Å². The van der Waals surface area contributed by atoms with Crippen molar-refractivity contribution >= 4 is 23.5 Å². The van der Waals surface area contributed by atoms with Gasteiger partial charge < -0.3 is 0 Å². The standard InChI is InChI=1S/C19H17N3OS2/c1-13-18(23)20-19-22(21-13)17(14-8-4-2-5-9-14)16(12-24-19)25-15-10-6-3-7-11-15/h2-11,16-17H,12H2,1H3. The van der Waals surface area contributed by atoms with Gasteiger partial charge in [0.2, 0.25) is 0 Å². The number of benzene rings is 2. The van der Waals surface area contributed by atoms with E-state index in [1.54, 1.807) is 18.7 Å². The molecule has 4 rings (SSSR count). The maximum atomic E-state index is 11.9. The van der Waals surface area contributed by atoms with Crippen molar-refractivity contribution in [3.8, 4) is 0 Å². The van der Waals surface area contributed by atoms with Gasteiger partial charge in [0, 0.05) is 15.9 Å². The lowest BCUT2D eigenvalue weighted by atomic mass is 10.0. The summed E-state index contributed by atoms with van der Waals surface area (Å²) in [5.74, 6) is 0.885. The van der Waals surface area contributed by atoms with E-state index in [1.807, 2.05) is 40.7 Å². The minimum absolute atomic E-state index is 0.0504. The van der Waals surface area contributed by atoms with Crippen LogP contribution in [0.15, 0.2) is 75.5 Å². The lowest BCUT2D eigenvalue weighted by molar-refractivity contribution is 0.431. The quantitative estimate of drug-likeness (QED) is 0.705. The Kier molecular flexibility index (Phi) is 4.63. The number of hydrogen-bond acceptors (Lipinski definition) is 5. The zero-order valence-electron chi connectivity index (χ0n) is 13.7. The Bertz CT molecular complexity index is 928. The van der Waals surface area contributed by atoms with Crippen molar-refractivity contribution in [1.29, 1.82) is 0 Å². The molecule has 0 saturated carbocycles. The van der Waals surface area contributed by atoms with Crippen LogP contribution in [-0.2, 0) is 0 Å². The van der Waals surface area contributed by atoms with Crippen molar-refractivity contribution in [1.82, 2.24) is 14.8 Å². The molecule has 0 fully saturated rings. The topological polar surface area (TPSA) is 47.8 Å². The number of nitrogens with zero attached hydrogens (tertiary/aromatic N) is 3. The molecule has 0 spiro atoms. The van der Waals surface area contributed by atoms with Gasteiger partial charge in [-0.05, 0) is 24.6 Å². The first-order valence-corrected chi connectivity index (χ1v) is 9.96. The second-order valence-corrected chi connectivity index (χ2v) is 8.17. The van der Waals surface area contributed by atoms with Gasteiger partial charge in [0.15, 0.2) is 5.16 Å². The van der Waals surface area contributed by atoms with Crippen LogP contribution in [0.2, 0.25) is 0 Å². The monoisotopic (exact) mass is 367 g/mol. The molecule has 2 aromatic carbocycles. The van der Waals surface area contributed by atoms with Crippen LogP contribution in [0.1, 0.15) is 17.3 Å². The molecule has 1 aliphatic heterocycles. The summed E-state index contributed by atoms with van der Waals surface area (Å²) in [5, 5.41) is 5.58. The Morgan fingerprint density at radius 2 is 1.76 bits per heavy atom. The maximum Gasteiger partial charge on any atom is 0.295 e. The molecule has 126 valence electrons. The fraction of sp³-hybridized carbons (Fsp3) is 0.211. The predicted octanol–water partition coefficient (Wildman–Crippen LogP) is 3.80. The molecule has 3 aromatic rings. The molecule has 0 bridgehead atoms. The van der Waals surface area contributed by atoms with Crippen LogP contribution in [0.3, 0.4) is 0 Å². The summed E-state index contributed by atoms with van der Waals surface area (Å²) in [6, 6.07) is 20.8. The molecule has 0 radical (unpaired) electrons. The summed E-state index contributed by atoms with van der Waals surface area (Å²) in [6.07, 6.45) is 0. The van der Waals surface area contributed by atoms with Gasteiger partial charge in [0.25, 0.3) is 5.56 Å². The van der Waals surface area contributed by atoms with Crippen molar-refractivity contribution < 1.29 is 0 Å². The molecule has 25 heavy (non-hydrogen) atoms. The van der Waals surface area contributed by atoms with Gasteiger partial charge in [0.05, 0.1) is 6.04 Å². The number of hydrogen-bond donors (Lipinski definition) is 0. The van der Waals surface area contributed by atoms with E-state index < -0.39 is 0 Å². The van der Waals surface area contributed by atoms with Crippen LogP contribution < -0.4 is 5.56 Å². The van der Waals surface area contributed by atoms with E-state index in [0.717, 1.165) is 5.75 Å². The normalized spacial score (nSPS) is 19.4. The lowest BCUT2D eigenvalue weighted by Gasteiger charge is -2.33. The summed E-state index contributed by atoms with van der Waals surface area (Å²) in [4.78, 5) is 17.4. The van der Waals surface area contributed by atoms with Crippen LogP contribution in [0, 0.1) is 6.92 Å². The van der Waals surface area contributed by atoms with Crippen molar-refractivity contribution in [2.24, 2.45) is 0 Å². The van der Waals surface area contributed by atoms with Gasteiger partial charge in [-0.3, -0.25) is 4.79 Å². The average Bonchev–Trinajstić information content (AvgIpc) is 2.64. The smallest absolute Gasteiger partial charge is 0.265 e. The highest BCUT2D eigenvalue weighted by Crippen LogP contribution is 2.41. The Labute approximate surface area is 154 Å². The number of fused-ring (bicyclic) bond motifs is 1. The van der Waals surface area contributed by atoms with Crippen LogP contribution in [0.25, 0.3) is 0 Å². The van der Waals surface area contributed by atoms with Crippen molar-refractivity contribution in [2.45, 2.75) is 28.3 Å². The summed E-state index contributed by atoms with van der Waals surface area (Å²) < 4.78 is 1.93. The molecule has 1 aliphatic rings. The third kappa shape index (κ3) is 3.37. The summed E-state index contributed by atoms with van der Waals surface area (Å²) in [7, 11) is 0. The average molecular weight is 367 g/mol. The largest absolute Gasteiger partial charge is 0.295 e. The maximum absolute atomic E-state index is 11.9. The molecule has 2 unspecified atom stereocenters. The van der Waals surface area contributed by atoms with Crippen LogP contribution in [0.4, 0.5) is 0 Å². The molecular formula is C19H17N3OS2. The van der Waals surface area contributed by atoms with E-state index in [2.05, 4.69) is 46.5 Å². The zero-order valence-corrected chi connectivity index (χ0v) is 15.3. The van der Waals surface area contributed by atoms with E-state index in [-0.39, 0.29) is 11.6 Å². The van der Waals surface area contributed by atoms with Gasteiger partial charge >= 0.3 is 0 Å². The van der Waals surface area contributed by atoms with E-state index in [4.69, 9.17) is 0 Å². The zero-order chi connectivity index (χ0) is 17.2. The Morgan fingerprint density at radius 1 is 1.08 bits per heavy atom. The molecule has 0 amide bonds. The summed E-state index contributed by atoms with van der Waals surface area (Å²) in [6.45, 7) is 1.73. The molecule has 2 atom stereocenters. The van der Waals surface area contributed by atoms with Crippen LogP contribution in [-0.4, -0.2) is 25.8 Å². The summed E-state index contributed by atoms with van der Waals surface area (Å²) in [5.41, 5.74) is 1.39. The first-order chi connectivity index (χ1) is 12.2. The van der Waals surface area contributed by atoms with Gasteiger partial charge in [0.1, 0.15) is 5.69 Å². The van der Waals surface area contributed by atoms with E-state index in [0.29, 0.717) is 16.1 Å². The Hall–Kier alpha value is -2.05. The fourth-order valence-corrected chi connectivity index (χ4v) is 5.40. The van der Waals surface area contributed by atoms with Gasteiger partial charge in [-0.25, -0.2) is 4.68 Å². The molecule has 0 N–H and O–H groups in total. The van der Waals surface area contributed by atoms with Crippen molar-refractivity contribution in [3.63, 3.8) is 0 Å². The predicted molar refractivity (Wildman–Crippen MR) is 102 cm³/mol. The molecule has 1 aromatic heterocycles. The van der Waals surface area contributed by atoms with E-state index in [9.17, 15) is 4.79 Å². The fourth-order valence-electron chi connectivity index (χ4n) is 2.93. The first kappa shape index (κ1) is 16.4. The third-order valence-corrected chi connectivity index (χ3v) is 6.67. The molecule has 0 aliphatic carbocycles. The number of aryl methyl sites for hydroxylation is 1. The number of thioether (sulfide) groups is 2. The van der Waals surface area contributed by atoms with Crippen molar-refractivity contribution in [3.05, 3.63) is 82.3 Å². The highest BCUT2D eigenvalue weighted by Gasteiger charge is 2.33. The lowest BCUT2D eigenvalue weighted by Crippen LogP contribution is -2.35. The number of rotatable bonds is 3. The SMILES string of the molecule is Cc1nn2c(nc1=O)SCC(Sc1ccccc1)C2c1ccccc1. The summed E-state index contributed by atoms with van der Waals surface area (Å²) >= 11 is 3.46. The molecule has 4 nitrogen and oxygen atoms in total. The van der Waals surface area contributed by atoms with Crippen LogP contribution in [0.5, 0.6) is 0 Å². The third-order valence-electron chi connectivity index (χ3n) is 4.12. The highest BCUT2D eigenvalue weighted by atomic mass is 32.2. The molecular weight excluding hydrogens is 350 g/mol. The highest BCUT2D eigenvalue weighted by molar-refractivity contribution is 8.03. The molecule has 0 saturated heterocycles. The minimum atomic E-state index is -0.236. The minimum Gasteiger partial charge on any atom is -0.265 e. The first-order valence-electron chi connectivity index (χ1n) is 8.09. The molecule has 2 heterocycles. The van der Waals surface area contributed by atoms with Crippen molar-refractivity contribution in [2.75, 3.05) is 5.75 Å². The van der Waals surface area contributed by atoms with Gasteiger partial charge in [-0.2, -0.15) is 10.1 Å². The second-order valence-electron chi connectivity index (χ2n) is 5.87. The second kappa shape index (κ2) is 7.06. The van der Waals surface area contributed by atoms with Gasteiger partial charge in [-0.15, -0.1) is 11.8 Å². The number of aromatic nitrogens is 3. The Balaban J connectivity index is 1.79. The van der Waals surface area contributed by atoms with Crippen LogP contribution >= 0.6 is 23.5 Å². The molecule has 6 heteroatoms. The Morgan fingerprint density at radius 3 is 2.48 bits per heavy atom. The van der Waals surface area contributed by atoms with E-state index >= 15 is 0 Å².